The van der Waals surface area contributed by atoms with E-state index in [0.717, 1.165) is 18.0 Å². The fourth-order valence-corrected chi connectivity index (χ4v) is 4.86. The number of hydrogen-bond donors (Lipinski definition) is 1. The van der Waals surface area contributed by atoms with E-state index >= 15 is 0 Å². The molecule has 0 saturated carbocycles. The Labute approximate surface area is 225 Å². The summed E-state index contributed by atoms with van der Waals surface area (Å²) in [4.78, 5) is 20.3. The van der Waals surface area contributed by atoms with Crippen LogP contribution in [0.15, 0.2) is 60.9 Å². The molecule has 0 spiro atoms. The first kappa shape index (κ1) is 28.4. The number of carbonyl (C=O) groups is 1. The van der Waals surface area contributed by atoms with Crippen molar-refractivity contribution in [3.05, 3.63) is 77.6 Å². The number of piperazine rings is 1. The van der Waals surface area contributed by atoms with E-state index in [1.807, 2.05) is 11.6 Å². The SMILES string of the molecule is CCOc1cncc(-c2cc(CN3CCN(c4ccc(C(=O)NS(C)(=O)=O)cc4)CC3)cc(C(F)(F)F)c2)c1. The standard InChI is InChI=1S/C27H29F3N4O4S/c1-3-38-25-15-22(16-31-17-25)21-12-19(13-23(14-21)27(28,29)30)18-33-8-10-34(11-9-33)24-6-4-20(5-7-24)26(35)32-39(2,36)37/h4-7,12-17H,3,8-11,18H2,1-2H3,(H,32,35). The fourth-order valence-electron chi connectivity index (χ4n) is 4.41. The third-order valence-corrected chi connectivity index (χ3v) is 6.79. The summed E-state index contributed by atoms with van der Waals surface area (Å²) >= 11 is 0. The van der Waals surface area contributed by atoms with Crippen LogP contribution in [0.25, 0.3) is 11.1 Å². The number of halogens is 3. The Morgan fingerprint density at radius 2 is 1.69 bits per heavy atom. The summed E-state index contributed by atoms with van der Waals surface area (Å²) in [5.74, 6) is -0.205. The van der Waals surface area contributed by atoms with E-state index in [0.29, 0.717) is 61.8 Å². The zero-order valence-electron chi connectivity index (χ0n) is 21.5. The minimum atomic E-state index is -4.49. The number of sulfonamides is 1. The van der Waals surface area contributed by atoms with E-state index in [2.05, 4.69) is 14.8 Å². The molecule has 0 bridgehead atoms. The summed E-state index contributed by atoms with van der Waals surface area (Å²) < 4.78 is 71.1. The Hall–Kier alpha value is -3.64. The maximum atomic E-state index is 13.7. The van der Waals surface area contributed by atoms with Crippen LogP contribution in [0.1, 0.15) is 28.4 Å². The first-order valence-electron chi connectivity index (χ1n) is 12.3. The lowest BCUT2D eigenvalue weighted by Crippen LogP contribution is -2.46. The maximum Gasteiger partial charge on any atom is 0.416 e. The molecular weight excluding hydrogens is 533 g/mol. The highest BCUT2D eigenvalue weighted by molar-refractivity contribution is 7.89. The Balaban J connectivity index is 1.44. The third-order valence-electron chi connectivity index (χ3n) is 6.23. The summed E-state index contributed by atoms with van der Waals surface area (Å²) in [6.45, 7) is 5.14. The molecular formula is C27H29F3N4O4S. The van der Waals surface area contributed by atoms with E-state index in [1.54, 1.807) is 36.4 Å². The van der Waals surface area contributed by atoms with Gasteiger partial charge in [-0.3, -0.25) is 14.7 Å². The molecule has 39 heavy (non-hydrogen) atoms. The molecule has 12 heteroatoms. The van der Waals surface area contributed by atoms with Gasteiger partial charge in [0, 0.05) is 55.7 Å². The van der Waals surface area contributed by atoms with Crippen molar-refractivity contribution in [2.24, 2.45) is 0 Å². The van der Waals surface area contributed by atoms with Gasteiger partial charge in [-0.15, -0.1) is 0 Å². The first-order valence-corrected chi connectivity index (χ1v) is 14.2. The Bertz CT molecular complexity index is 1420. The van der Waals surface area contributed by atoms with Gasteiger partial charge in [-0.25, -0.2) is 13.1 Å². The molecule has 0 radical (unpaired) electrons. The lowest BCUT2D eigenvalue weighted by Gasteiger charge is -2.36. The van der Waals surface area contributed by atoms with Crippen LogP contribution in [0.5, 0.6) is 5.75 Å². The van der Waals surface area contributed by atoms with Crippen molar-refractivity contribution in [3.63, 3.8) is 0 Å². The minimum Gasteiger partial charge on any atom is -0.492 e. The molecule has 1 aliphatic rings. The fraction of sp³-hybridized carbons (Fsp3) is 0.333. The Kier molecular flexibility index (Phi) is 8.45. The van der Waals surface area contributed by atoms with Crippen molar-refractivity contribution in [3.8, 4) is 16.9 Å². The van der Waals surface area contributed by atoms with Gasteiger partial charge in [0.2, 0.25) is 10.0 Å². The number of anilines is 1. The largest absolute Gasteiger partial charge is 0.492 e. The van der Waals surface area contributed by atoms with Crippen molar-refractivity contribution in [2.45, 2.75) is 19.6 Å². The van der Waals surface area contributed by atoms with E-state index in [-0.39, 0.29) is 5.56 Å². The van der Waals surface area contributed by atoms with Gasteiger partial charge in [-0.05, 0) is 66.6 Å². The number of benzene rings is 2. The number of hydrogen-bond acceptors (Lipinski definition) is 7. The van der Waals surface area contributed by atoms with Crippen molar-refractivity contribution >= 4 is 21.6 Å². The molecule has 8 nitrogen and oxygen atoms in total. The molecule has 4 rings (SSSR count). The van der Waals surface area contributed by atoms with E-state index < -0.39 is 27.7 Å². The number of carbonyl (C=O) groups excluding carboxylic acids is 1. The summed E-state index contributed by atoms with van der Waals surface area (Å²) in [5.41, 5.74) is 1.91. The van der Waals surface area contributed by atoms with E-state index in [9.17, 15) is 26.4 Å². The number of nitrogens with one attached hydrogen (secondary N) is 1. The van der Waals surface area contributed by atoms with Crippen LogP contribution in [0.3, 0.4) is 0 Å². The second-order valence-corrected chi connectivity index (χ2v) is 11.0. The summed E-state index contributed by atoms with van der Waals surface area (Å²) in [6.07, 6.45) is -0.523. The van der Waals surface area contributed by atoms with Crippen molar-refractivity contribution in [1.82, 2.24) is 14.6 Å². The number of pyridine rings is 1. The molecule has 2 aromatic carbocycles. The maximum absolute atomic E-state index is 13.7. The normalized spacial score (nSPS) is 14.7. The van der Waals surface area contributed by atoms with Crippen LogP contribution in [-0.4, -0.2) is 63.3 Å². The number of aromatic nitrogens is 1. The molecule has 1 aromatic heterocycles. The molecule has 1 saturated heterocycles. The zero-order valence-corrected chi connectivity index (χ0v) is 22.3. The molecule has 3 aromatic rings. The first-order chi connectivity index (χ1) is 18.4. The van der Waals surface area contributed by atoms with E-state index in [4.69, 9.17) is 4.74 Å². The molecule has 1 N–H and O–H groups in total. The van der Waals surface area contributed by atoms with E-state index in [1.165, 1.54) is 18.5 Å². The molecule has 2 heterocycles. The van der Waals surface area contributed by atoms with Gasteiger partial charge in [0.15, 0.2) is 0 Å². The highest BCUT2D eigenvalue weighted by Crippen LogP contribution is 2.34. The zero-order chi connectivity index (χ0) is 28.2. The van der Waals surface area contributed by atoms with Crippen LogP contribution >= 0.6 is 0 Å². The summed E-state index contributed by atoms with van der Waals surface area (Å²) in [6, 6.07) is 12.4. The minimum absolute atomic E-state index is 0.227. The van der Waals surface area contributed by atoms with Crippen LogP contribution in [-0.2, 0) is 22.7 Å². The average Bonchev–Trinajstić information content (AvgIpc) is 2.88. The van der Waals surface area contributed by atoms with Gasteiger partial charge in [0.1, 0.15) is 5.75 Å². The molecule has 1 aliphatic heterocycles. The van der Waals surface area contributed by atoms with Gasteiger partial charge < -0.3 is 9.64 Å². The Morgan fingerprint density at radius 1 is 1.00 bits per heavy atom. The number of alkyl halides is 3. The lowest BCUT2D eigenvalue weighted by atomic mass is 10.00. The highest BCUT2D eigenvalue weighted by atomic mass is 32.2. The number of rotatable bonds is 8. The molecule has 0 unspecified atom stereocenters. The van der Waals surface area contributed by atoms with Crippen LogP contribution in [0.4, 0.5) is 18.9 Å². The predicted octanol–water partition coefficient (Wildman–Crippen LogP) is 4.18. The van der Waals surface area contributed by atoms with Crippen molar-refractivity contribution < 1.29 is 31.1 Å². The number of nitrogens with zero attached hydrogens (tertiary/aromatic N) is 3. The van der Waals surface area contributed by atoms with Crippen LogP contribution in [0, 0.1) is 0 Å². The highest BCUT2D eigenvalue weighted by Gasteiger charge is 2.31. The predicted molar refractivity (Wildman–Crippen MR) is 142 cm³/mol. The smallest absolute Gasteiger partial charge is 0.416 e. The topological polar surface area (TPSA) is 91.8 Å². The quantitative estimate of drug-likeness (QED) is 0.441. The lowest BCUT2D eigenvalue weighted by molar-refractivity contribution is -0.137. The molecule has 208 valence electrons. The number of ether oxygens (including phenoxy) is 1. The molecule has 0 aliphatic carbocycles. The average molecular weight is 563 g/mol. The summed E-state index contributed by atoms with van der Waals surface area (Å²) in [5, 5.41) is 0. The number of amides is 1. The van der Waals surface area contributed by atoms with Gasteiger partial charge >= 0.3 is 6.18 Å². The van der Waals surface area contributed by atoms with Crippen LogP contribution in [0.2, 0.25) is 0 Å². The molecule has 1 fully saturated rings. The van der Waals surface area contributed by atoms with Crippen molar-refractivity contribution in [1.29, 1.82) is 0 Å². The van der Waals surface area contributed by atoms with Gasteiger partial charge in [-0.1, -0.05) is 0 Å². The Morgan fingerprint density at radius 3 is 2.31 bits per heavy atom. The third kappa shape index (κ3) is 7.70. The summed E-state index contributed by atoms with van der Waals surface area (Å²) in [7, 11) is -3.65. The van der Waals surface area contributed by atoms with Gasteiger partial charge in [-0.2, -0.15) is 13.2 Å². The van der Waals surface area contributed by atoms with Crippen molar-refractivity contribution in [2.75, 3.05) is 43.9 Å². The second-order valence-electron chi connectivity index (χ2n) is 9.27. The second kappa shape index (κ2) is 11.6. The van der Waals surface area contributed by atoms with Gasteiger partial charge in [0.25, 0.3) is 5.91 Å². The molecule has 1 amide bonds. The monoisotopic (exact) mass is 562 g/mol. The molecule has 0 atom stereocenters. The van der Waals surface area contributed by atoms with Gasteiger partial charge in [0.05, 0.1) is 24.6 Å². The van der Waals surface area contributed by atoms with Crippen LogP contribution < -0.4 is 14.4 Å².